The highest BCUT2D eigenvalue weighted by molar-refractivity contribution is 5.90. The van der Waals surface area contributed by atoms with Crippen LogP contribution in [0.5, 0.6) is 0 Å². The summed E-state index contributed by atoms with van der Waals surface area (Å²) >= 11 is 0. The second kappa shape index (κ2) is 6.42. The van der Waals surface area contributed by atoms with Gasteiger partial charge in [-0.3, -0.25) is 0 Å². The van der Waals surface area contributed by atoms with Crippen LogP contribution in [0.1, 0.15) is 31.4 Å². The topological polar surface area (TPSA) is 79.2 Å². The molecule has 1 fully saturated rings. The number of anilines is 1. The van der Waals surface area contributed by atoms with E-state index in [1.54, 1.807) is 10.9 Å². The Bertz CT molecular complexity index is 675. The summed E-state index contributed by atoms with van der Waals surface area (Å²) in [6, 6.07) is 9.44. The van der Waals surface area contributed by atoms with E-state index in [2.05, 4.69) is 15.7 Å². The van der Waals surface area contributed by atoms with Crippen molar-refractivity contribution in [2.24, 2.45) is 0 Å². The van der Waals surface area contributed by atoms with Crippen LogP contribution in [0.25, 0.3) is 5.69 Å². The molecular weight excluding hydrogens is 292 g/mol. The summed E-state index contributed by atoms with van der Waals surface area (Å²) < 4.78 is 1.74. The molecular formula is C17H22N4O2. The molecule has 1 saturated carbocycles. The quantitative estimate of drug-likeness (QED) is 0.811. The van der Waals surface area contributed by atoms with E-state index < -0.39 is 5.54 Å². The van der Waals surface area contributed by atoms with Gasteiger partial charge >= 0.3 is 6.03 Å². The van der Waals surface area contributed by atoms with Crippen LogP contribution in [0.2, 0.25) is 0 Å². The molecule has 0 bridgehead atoms. The minimum Gasteiger partial charge on any atom is -0.394 e. The lowest BCUT2D eigenvalue weighted by Crippen LogP contribution is -2.50. The van der Waals surface area contributed by atoms with Gasteiger partial charge in [0.1, 0.15) is 0 Å². The number of hydrogen-bond donors (Lipinski definition) is 3. The first-order chi connectivity index (χ1) is 11.1. The summed E-state index contributed by atoms with van der Waals surface area (Å²) in [4.78, 5) is 12.3. The summed E-state index contributed by atoms with van der Waals surface area (Å²) in [6.07, 6.45) is 5.50. The lowest BCUT2D eigenvalue weighted by atomic mass is 9.99. The number of para-hydroxylation sites is 1. The minimum absolute atomic E-state index is 0.0251. The van der Waals surface area contributed by atoms with E-state index in [0.717, 1.165) is 37.1 Å². The highest BCUT2D eigenvalue weighted by Gasteiger charge is 2.34. The SMILES string of the molecule is Cc1nn(-c2ccccc2)cc1NC(=O)NC1(CO)CCCC1. The van der Waals surface area contributed by atoms with Crippen molar-refractivity contribution in [2.75, 3.05) is 11.9 Å². The maximum atomic E-state index is 12.3. The van der Waals surface area contributed by atoms with Gasteiger partial charge in [-0.1, -0.05) is 31.0 Å². The number of rotatable bonds is 4. The number of urea groups is 1. The molecule has 3 N–H and O–H groups in total. The van der Waals surface area contributed by atoms with Crippen LogP contribution < -0.4 is 10.6 Å². The zero-order valence-electron chi connectivity index (χ0n) is 13.2. The van der Waals surface area contributed by atoms with Crippen molar-refractivity contribution >= 4 is 11.7 Å². The molecule has 0 spiro atoms. The van der Waals surface area contributed by atoms with E-state index in [-0.39, 0.29) is 12.6 Å². The Balaban J connectivity index is 1.70. The fourth-order valence-corrected chi connectivity index (χ4v) is 3.06. The predicted molar refractivity (Wildman–Crippen MR) is 88.7 cm³/mol. The largest absolute Gasteiger partial charge is 0.394 e. The summed E-state index contributed by atoms with van der Waals surface area (Å²) in [5, 5.41) is 19.8. The fraction of sp³-hybridized carbons (Fsp3) is 0.412. The second-order valence-electron chi connectivity index (χ2n) is 6.13. The number of hydrogen-bond acceptors (Lipinski definition) is 3. The number of aliphatic hydroxyl groups is 1. The highest BCUT2D eigenvalue weighted by Crippen LogP contribution is 2.29. The maximum absolute atomic E-state index is 12.3. The molecule has 0 atom stereocenters. The number of carbonyl (C=O) groups excluding carboxylic acids is 1. The van der Waals surface area contributed by atoms with Crippen LogP contribution in [0.15, 0.2) is 36.5 Å². The second-order valence-corrected chi connectivity index (χ2v) is 6.13. The predicted octanol–water partition coefficient (Wildman–Crippen LogP) is 2.61. The summed E-state index contributed by atoms with van der Waals surface area (Å²) in [5.41, 5.74) is 1.87. The van der Waals surface area contributed by atoms with Crippen LogP contribution in [0.3, 0.4) is 0 Å². The van der Waals surface area contributed by atoms with Crippen LogP contribution in [0.4, 0.5) is 10.5 Å². The molecule has 6 heteroatoms. The zero-order chi connectivity index (χ0) is 16.3. The number of nitrogens with zero attached hydrogens (tertiary/aromatic N) is 2. The Labute approximate surface area is 135 Å². The Morgan fingerprint density at radius 1 is 1.30 bits per heavy atom. The molecule has 0 radical (unpaired) electrons. The normalized spacial score (nSPS) is 16.3. The summed E-state index contributed by atoms with van der Waals surface area (Å²) in [6.45, 7) is 1.83. The van der Waals surface area contributed by atoms with E-state index >= 15 is 0 Å². The highest BCUT2D eigenvalue weighted by atomic mass is 16.3. The van der Waals surface area contributed by atoms with Gasteiger partial charge < -0.3 is 15.7 Å². The number of nitrogens with one attached hydrogen (secondary N) is 2. The molecule has 23 heavy (non-hydrogen) atoms. The van der Waals surface area contributed by atoms with Gasteiger partial charge in [-0.25, -0.2) is 9.48 Å². The molecule has 1 aromatic heterocycles. The molecule has 0 unspecified atom stereocenters. The van der Waals surface area contributed by atoms with Gasteiger partial charge in [0.15, 0.2) is 0 Å². The van der Waals surface area contributed by atoms with Crippen molar-refractivity contribution in [3.8, 4) is 5.69 Å². The first kappa shape index (κ1) is 15.6. The monoisotopic (exact) mass is 314 g/mol. The lowest BCUT2D eigenvalue weighted by Gasteiger charge is -2.27. The van der Waals surface area contributed by atoms with Crippen molar-refractivity contribution in [1.82, 2.24) is 15.1 Å². The van der Waals surface area contributed by atoms with Gasteiger partial charge in [0.25, 0.3) is 0 Å². The fourth-order valence-electron chi connectivity index (χ4n) is 3.06. The Kier molecular flexibility index (Phi) is 4.34. The van der Waals surface area contributed by atoms with Crippen molar-refractivity contribution in [2.45, 2.75) is 38.1 Å². The maximum Gasteiger partial charge on any atom is 0.319 e. The smallest absolute Gasteiger partial charge is 0.319 e. The number of carbonyl (C=O) groups is 1. The Hall–Kier alpha value is -2.34. The third-order valence-electron chi connectivity index (χ3n) is 4.41. The van der Waals surface area contributed by atoms with E-state index in [0.29, 0.717) is 5.69 Å². The number of aryl methyl sites for hydroxylation is 1. The molecule has 2 amide bonds. The van der Waals surface area contributed by atoms with E-state index in [9.17, 15) is 9.90 Å². The number of aromatic nitrogens is 2. The molecule has 122 valence electrons. The molecule has 0 saturated heterocycles. The first-order valence-corrected chi connectivity index (χ1v) is 7.94. The average Bonchev–Trinajstić information content (AvgIpc) is 3.16. The Morgan fingerprint density at radius 2 is 2.00 bits per heavy atom. The van der Waals surface area contributed by atoms with Gasteiger partial charge in [-0.05, 0) is 31.9 Å². The lowest BCUT2D eigenvalue weighted by molar-refractivity contribution is 0.167. The van der Waals surface area contributed by atoms with Gasteiger partial charge in [-0.2, -0.15) is 5.10 Å². The number of amides is 2. The van der Waals surface area contributed by atoms with Crippen LogP contribution in [-0.2, 0) is 0 Å². The first-order valence-electron chi connectivity index (χ1n) is 7.94. The third-order valence-corrected chi connectivity index (χ3v) is 4.41. The van der Waals surface area contributed by atoms with Crippen molar-refractivity contribution in [3.05, 3.63) is 42.2 Å². The summed E-state index contributed by atoms with van der Waals surface area (Å²) in [5.74, 6) is 0. The molecule has 6 nitrogen and oxygen atoms in total. The van der Waals surface area contributed by atoms with Crippen LogP contribution in [0, 0.1) is 6.92 Å². The molecule has 3 rings (SSSR count). The van der Waals surface area contributed by atoms with Crippen molar-refractivity contribution < 1.29 is 9.90 Å². The van der Waals surface area contributed by atoms with Gasteiger partial charge in [0, 0.05) is 0 Å². The number of benzene rings is 1. The average molecular weight is 314 g/mol. The standard InChI is InChI=1S/C17H22N4O2/c1-13-15(11-21(20-13)14-7-3-2-4-8-14)18-16(23)19-17(12-22)9-5-6-10-17/h2-4,7-8,11,22H,5-6,9-10,12H2,1H3,(H2,18,19,23). The van der Waals surface area contributed by atoms with Crippen LogP contribution >= 0.6 is 0 Å². The van der Waals surface area contributed by atoms with Gasteiger partial charge in [-0.15, -0.1) is 0 Å². The van der Waals surface area contributed by atoms with Gasteiger partial charge in [0.2, 0.25) is 0 Å². The molecule has 1 heterocycles. The van der Waals surface area contributed by atoms with E-state index in [1.807, 2.05) is 37.3 Å². The van der Waals surface area contributed by atoms with E-state index in [4.69, 9.17) is 0 Å². The van der Waals surface area contributed by atoms with Crippen molar-refractivity contribution in [1.29, 1.82) is 0 Å². The van der Waals surface area contributed by atoms with Crippen molar-refractivity contribution in [3.63, 3.8) is 0 Å². The summed E-state index contributed by atoms with van der Waals surface area (Å²) in [7, 11) is 0. The molecule has 1 aromatic carbocycles. The van der Waals surface area contributed by atoms with Gasteiger partial charge in [0.05, 0.1) is 35.4 Å². The molecule has 0 aliphatic heterocycles. The molecule has 1 aliphatic rings. The third kappa shape index (κ3) is 3.37. The zero-order valence-corrected chi connectivity index (χ0v) is 13.2. The number of aliphatic hydroxyl groups excluding tert-OH is 1. The minimum atomic E-state index is -0.479. The molecule has 1 aliphatic carbocycles. The van der Waals surface area contributed by atoms with E-state index in [1.165, 1.54) is 0 Å². The molecule has 2 aromatic rings. The Morgan fingerprint density at radius 3 is 2.65 bits per heavy atom. The van der Waals surface area contributed by atoms with Crippen LogP contribution in [-0.4, -0.2) is 33.1 Å².